The fourth-order valence-electron chi connectivity index (χ4n) is 11.1. The van der Waals surface area contributed by atoms with Gasteiger partial charge in [0, 0.05) is 44.5 Å². The Morgan fingerprint density at radius 1 is 0.970 bits per heavy atom. The standard InChI is InChI=1S/C64H64FNO/c1-12-15-16-17-21-36-64(50-27-19-18-20-28-50)61-45(7)42(4)31-34-55(61)60-58(38-44(6)46(8)62(60)64)66(52-33-35-54-47(9)56(24-13-2)63(10,11)57(54)40-52)51(14-3)32-30-43(5)53-29-22-25-48-39-59(53)67-41-49(48)26-23-37-65/h12-35,37-38,40,42,45H,1,3,36,41H2,2,4-11H3/b16-15-,21-17-,24-13-,37-23-,43-30+,49-26+,51-32+. The summed E-state index contributed by atoms with van der Waals surface area (Å²) in [6.07, 6.45) is 36.6. The fourth-order valence-corrected chi connectivity index (χ4v) is 11.1. The number of anilines is 2. The SMILES string of the molecule is C=C/C=C\C=C/CC1(c2ccccc2)C2=C(C=CC(C)C2C)c2c(N(/C(C=C)=C/C=C(\C)C3=CC=CC4=C=C3OC/C4=C\C=C/F)c3ccc4c(c3)C(C)(C)C(/C=C\C)=C4C)cc(C)c(C)c21. The highest BCUT2D eigenvalue weighted by atomic mass is 19.1. The van der Waals surface area contributed by atoms with E-state index in [1.165, 1.54) is 67.3 Å². The Morgan fingerprint density at radius 3 is 2.49 bits per heavy atom. The first kappa shape index (κ1) is 46.6. The number of fused-ring (bicyclic) bond motifs is 3. The maximum Gasteiger partial charge on any atom is 0.170 e. The summed E-state index contributed by atoms with van der Waals surface area (Å²) in [4.78, 5) is 2.46. The number of benzene rings is 3. The lowest BCUT2D eigenvalue weighted by molar-refractivity contribution is 0.247. The van der Waals surface area contributed by atoms with Crippen molar-refractivity contribution in [3.63, 3.8) is 0 Å². The first-order valence-electron chi connectivity index (χ1n) is 23.7. The molecule has 3 heteroatoms. The molecule has 5 aliphatic rings. The van der Waals surface area contributed by atoms with Gasteiger partial charge in [0.2, 0.25) is 0 Å². The van der Waals surface area contributed by atoms with Crippen molar-refractivity contribution in [2.24, 2.45) is 11.8 Å². The topological polar surface area (TPSA) is 12.5 Å². The summed E-state index contributed by atoms with van der Waals surface area (Å²) in [6, 6.07) is 20.7. The minimum Gasteiger partial charge on any atom is -0.481 e. The monoisotopic (exact) mass is 881 g/mol. The molecule has 1 heterocycles. The number of rotatable bonds is 13. The van der Waals surface area contributed by atoms with Crippen LogP contribution < -0.4 is 4.90 Å². The zero-order chi connectivity index (χ0) is 47.6. The molecule has 0 spiro atoms. The number of hydrogen-bond donors (Lipinski definition) is 0. The summed E-state index contributed by atoms with van der Waals surface area (Å²) in [5.41, 5.74) is 24.2. The summed E-state index contributed by atoms with van der Waals surface area (Å²) in [5, 5.41) is 0. The van der Waals surface area contributed by atoms with Gasteiger partial charge in [-0.2, -0.15) is 0 Å². The van der Waals surface area contributed by atoms with E-state index in [-0.39, 0.29) is 11.3 Å². The summed E-state index contributed by atoms with van der Waals surface area (Å²) in [7, 11) is 0. The molecule has 67 heavy (non-hydrogen) atoms. The fraction of sp³-hybridized carbons (Fsp3) is 0.234. The van der Waals surface area contributed by atoms with Gasteiger partial charge in [0.1, 0.15) is 6.61 Å². The maximum atomic E-state index is 12.9. The quantitative estimate of drug-likeness (QED) is 0.125. The molecule has 2 bridgehead atoms. The maximum absolute atomic E-state index is 12.9. The van der Waals surface area contributed by atoms with Crippen molar-refractivity contribution < 1.29 is 9.13 Å². The highest BCUT2D eigenvalue weighted by Gasteiger charge is 2.51. The average Bonchev–Trinajstić information content (AvgIpc) is 3.64. The van der Waals surface area contributed by atoms with Crippen molar-refractivity contribution in [3.05, 3.63) is 267 Å². The van der Waals surface area contributed by atoms with Crippen LogP contribution in [0.4, 0.5) is 15.8 Å². The van der Waals surface area contributed by atoms with Crippen molar-refractivity contribution in [2.75, 3.05) is 11.5 Å². The van der Waals surface area contributed by atoms with E-state index in [1.54, 1.807) is 6.08 Å². The van der Waals surface area contributed by atoms with Crippen molar-refractivity contribution in [1.82, 2.24) is 0 Å². The molecule has 0 fully saturated rings. The summed E-state index contributed by atoms with van der Waals surface area (Å²) < 4.78 is 19.2. The van der Waals surface area contributed by atoms with E-state index in [1.807, 2.05) is 30.4 Å². The number of halogens is 1. The molecule has 3 unspecified atom stereocenters. The highest BCUT2D eigenvalue weighted by Crippen LogP contribution is 2.62. The predicted octanol–water partition coefficient (Wildman–Crippen LogP) is 17.0. The van der Waals surface area contributed by atoms with Crippen LogP contribution in [0.1, 0.15) is 93.8 Å². The molecule has 4 aliphatic carbocycles. The minimum atomic E-state index is -0.424. The van der Waals surface area contributed by atoms with E-state index in [4.69, 9.17) is 4.74 Å². The van der Waals surface area contributed by atoms with E-state index in [2.05, 4.69) is 201 Å². The van der Waals surface area contributed by atoms with Crippen LogP contribution in [-0.4, -0.2) is 6.61 Å². The number of hydrogen-bond acceptors (Lipinski definition) is 2. The minimum absolute atomic E-state index is 0.202. The van der Waals surface area contributed by atoms with Crippen LogP contribution in [0, 0.1) is 25.7 Å². The largest absolute Gasteiger partial charge is 0.481 e. The lowest BCUT2D eigenvalue weighted by atomic mass is 9.62. The molecule has 0 saturated carbocycles. The lowest BCUT2D eigenvalue weighted by Crippen LogP contribution is -2.33. The lowest BCUT2D eigenvalue weighted by Gasteiger charge is -2.40. The smallest absolute Gasteiger partial charge is 0.170 e. The Bertz CT molecular complexity index is 3000. The van der Waals surface area contributed by atoms with Gasteiger partial charge in [0.25, 0.3) is 0 Å². The molecule has 3 aromatic carbocycles. The van der Waals surface area contributed by atoms with Crippen molar-refractivity contribution in [1.29, 1.82) is 0 Å². The number of aryl methyl sites for hydroxylation is 1. The normalized spacial score (nSPS) is 22.7. The third-order valence-electron chi connectivity index (χ3n) is 14.8. The van der Waals surface area contributed by atoms with Crippen molar-refractivity contribution >= 4 is 22.5 Å². The highest BCUT2D eigenvalue weighted by molar-refractivity contribution is 5.98. The van der Waals surface area contributed by atoms with Crippen molar-refractivity contribution in [2.45, 2.75) is 79.6 Å². The molecule has 0 aromatic heterocycles. The van der Waals surface area contributed by atoms with Gasteiger partial charge in [-0.15, -0.1) is 0 Å². The summed E-state index contributed by atoms with van der Waals surface area (Å²) >= 11 is 0. The first-order valence-corrected chi connectivity index (χ1v) is 23.7. The third-order valence-corrected chi connectivity index (χ3v) is 14.8. The Morgan fingerprint density at radius 2 is 1.76 bits per heavy atom. The van der Waals surface area contributed by atoms with Gasteiger partial charge in [-0.3, -0.25) is 0 Å². The molecule has 2 nitrogen and oxygen atoms in total. The van der Waals surface area contributed by atoms with Gasteiger partial charge in [-0.1, -0.05) is 162 Å². The number of nitrogens with zero attached hydrogens (tertiary/aromatic N) is 1. The van der Waals surface area contributed by atoms with E-state index in [0.717, 1.165) is 45.8 Å². The van der Waals surface area contributed by atoms with Crippen LogP contribution in [0.3, 0.4) is 0 Å². The number of ether oxygens (including phenoxy) is 1. The molecule has 0 N–H and O–H groups in total. The van der Waals surface area contributed by atoms with Crippen LogP contribution in [0.15, 0.2) is 228 Å². The van der Waals surface area contributed by atoms with E-state index >= 15 is 0 Å². The van der Waals surface area contributed by atoms with Crippen LogP contribution >= 0.6 is 0 Å². The van der Waals surface area contributed by atoms with Gasteiger partial charge < -0.3 is 9.64 Å². The second-order valence-corrected chi connectivity index (χ2v) is 18.9. The second-order valence-electron chi connectivity index (χ2n) is 18.9. The van der Waals surface area contributed by atoms with Crippen LogP contribution in [-0.2, 0) is 15.6 Å². The molecule has 8 rings (SSSR count). The van der Waals surface area contributed by atoms with Gasteiger partial charge in [0.05, 0.1) is 12.0 Å². The van der Waals surface area contributed by atoms with E-state index < -0.39 is 5.41 Å². The Labute approximate surface area is 399 Å². The summed E-state index contributed by atoms with van der Waals surface area (Å²) in [6.45, 7) is 29.4. The molecule has 0 amide bonds. The molecule has 1 aliphatic heterocycles. The van der Waals surface area contributed by atoms with Gasteiger partial charge in [-0.05, 0) is 157 Å². The van der Waals surface area contributed by atoms with Crippen molar-refractivity contribution in [3.8, 4) is 0 Å². The Balaban J connectivity index is 1.41. The Kier molecular flexibility index (Phi) is 13.3. The number of allylic oxidation sites excluding steroid dienone is 21. The summed E-state index contributed by atoms with van der Waals surface area (Å²) in [5.74, 6) is 1.31. The molecule has 3 aromatic rings. The van der Waals surface area contributed by atoms with Gasteiger partial charge >= 0.3 is 0 Å². The average molecular weight is 882 g/mol. The Hall–Kier alpha value is -6.93. The molecule has 338 valence electrons. The van der Waals surface area contributed by atoms with Gasteiger partial charge in [0.15, 0.2) is 5.76 Å². The van der Waals surface area contributed by atoms with E-state index in [0.29, 0.717) is 24.6 Å². The van der Waals surface area contributed by atoms with Gasteiger partial charge in [-0.25, -0.2) is 4.39 Å². The van der Waals surface area contributed by atoms with Crippen LogP contribution in [0.2, 0.25) is 0 Å². The zero-order valence-corrected chi connectivity index (χ0v) is 40.8. The van der Waals surface area contributed by atoms with Crippen LogP contribution in [0.25, 0.3) is 11.1 Å². The van der Waals surface area contributed by atoms with Crippen LogP contribution in [0.5, 0.6) is 0 Å². The zero-order valence-electron chi connectivity index (χ0n) is 40.8. The van der Waals surface area contributed by atoms with E-state index in [9.17, 15) is 4.39 Å². The molecular weight excluding hydrogens is 818 g/mol. The molecule has 3 atom stereocenters. The first-order chi connectivity index (χ1) is 32.3. The molecule has 0 radical (unpaired) electrons. The third kappa shape index (κ3) is 8.10. The second kappa shape index (κ2) is 19.1. The predicted molar refractivity (Wildman–Crippen MR) is 284 cm³/mol. The molecule has 0 saturated heterocycles. The molecular formula is C64H64FNO.